The summed E-state index contributed by atoms with van der Waals surface area (Å²) < 4.78 is 43.9. The van der Waals surface area contributed by atoms with E-state index >= 15 is 0 Å². The molecule has 0 bridgehead atoms. The molecule has 2 rings (SSSR count). The maximum absolute atomic E-state index is 12.8. The third-order valence-electron chi connectivity index (χ3n) is 3.20. The molecule has 0 spiro atoms. The lowest BCUT2D eigenvalue weighted by molar-refractivity contribution is -0.137. The number of benzene rings is 2. The molecule has 0 saturated carbocycles. The van der Waals surface area contributed by atoms with E-state index in [1.165, 1.54) is 18.3 Å². The van der Waals surface area contributed by atoms with Gasteiger partial charge in [0, 0.05) is 18.8 Å². The average Bonchev–Trinajstić information content (AvgIpc) is 2.58. The number of carbonyl (C=O) groups is 1. The molecule has 0 fully saturated rings. The second kappa shape index (κ2) is 7.68. The SMILES string of the molecule is CN/C=C(/C(=O)COc1ccccc1)c1cccc(C(F)(F)F)c1. The van der Waals surface area contributed by atoms with Crippen molar-refractivity contribution in [3.05, 3.63) is 71.9 Å². The first kappa shape index (κ1) is 17.6. The van der Waals surface area contributed by atoms with E-state index in [-0.39, 0.29) is 17.7 Å². The highest BCUT2D eigenvalue weighted by molar-refractivity contribution is 6.21. The fourth-order valence-corrected chi connectivity index (χ4v) is 2.08. The van der Waals surface area contributed by atoms with Crippen molar-refractivity contribution in [3.63, 3.8) is 0 Å². The Morgan fingerprint density at radius 2 is 1.83 bits per heavy atom. The van der Waals surface area contributed by atoms with Crippen molar-refractivity contribution in [2.24, 2.45) is 0 Å². The lowest BCUT2D eigenvalue weighted by Gasteiger charge is -2.12. The summed E-state index contributed by atoms with van der Waals surface area (Å²) in [5.74, 6) is 0.0891. The standard InChI is InChI=1S/C18H16F3NO2/c1-22-11-16(13-6-5-7-14(10-13)18(19,20)21)17(23)12-24-15-8-3-2-4-9-15/h2-11,22H,12H2,1H3/b16-11+. The Bertz CT molecular complexity index is 725. The van der Waals surface area contributed by atoms with Crippen molar-refractivity contribution < 1.29 is 22.7 Å². The molecule has 3 nitrogen and oxygen atoms in total. The molecule has 24 heavy (non-hydrogen) atoms. The summed E-state index contributed by atoms with van der Waals surface area (Å²) in [6, 6.07) is 13.4. The van der Waals surface area contributed by atoms with Gasteiger partial charge in [-0.1, -0.05) is 30.3 Å². The van der Waals surface area contributed by atoms with Crippen LogP contribution in [0.4, 0.5) is 13.2 Å². The van der Waals surface area contributed by atoms with E-state index in [0.717, 1.165) is 12.1 Å². The number of nitrogens with one attached hydrogen (secondary N) is 1. The molecular formula is C18H16F3NO2. The van der Waals surface area contributed by atoms with Gasteiger partial charge in [-0.05, 0) is 29.8 Å². The zero-order chi connectivity index (χ0) is 17.6. The van der Waals surface area contributed by atoms with Gasteiger partial charge in [-0.25, -0.2) is 0 Å². The number of carbonyl (C=O) groups excluding carboxylic acids is 1. The smallest absolute Gasteiger partial charge is 0.416 e. The van der Waals surface area contributed by atoms with Crippen LogP contribution in [0.5, 0.6) is 5.75 Å². The van der Waals surface area contributed by atoms with Crippen LogP contribution < -0.4 is 10.1 Å². The molecule has 0 saturated heterocycles. The third-order valence-corrected chi connectivity index (χ3v) is 3.20. The molecule has 1 N–H and O–H groups in total. The average molecular weight is 335 g/mol. The number of alkyl halides is 3. The minimum Gasteiger partial charge on any atom is -0.485 e. The Morgan fingerprint density at radius 3 is 2.46 bits per heavy atom. The largest absolute Gasteiger partial charge is 0.485 e. The summed E-state index contributed by atoms with van der Waals surface area (Å²) in [4.78, 5) is 12.4. The minimum absolute atomic E-state index is 0.125. The fraction of sp³-hybridized carbons (Fsp3) is 0.167. The summed E-state index contributed by atoms with van der Waals surface area (Å²) >= 11 is 0. The molecule has 0 aliphatic heterocycles. The predicted octanol–water partition coefficient (Wildman–Crippen LogP) is 3.91. The molecule has 0 atom stereocenters. The van der Waals surface area contributed by atoms with Gasteiger partial charge in [0.15, 0.2) is 6.61 Å². The van der Waals surface area contributed by atoms with Gasteiger partial charge in [0.1, 0.15) is 5.75 Å². The number of ketones is 1. The third kappa shape index (κ3) is 4.62. The van der Waals surface area contributed by atoms with Gasteiger partial charge < -0.3 is 10.1 Å². The Hall–Kier alpha value is -2.76. The van der Waals surface area contributed by atoms with Crippen LogP contribution in [0.1, 0.15) is 11.1 Å². The fourth-order valence-electron chi connectivity index (χ4n) is 2.08. The zero-order valence-corrected chi connectivity index (χ0v) is 12.9. The lowest BCUT2D eigenvalue weighted by atomic mass is 10.0. The molecule has 0 aliphatic carbocycles. The number of halogens is 3. The molecule has 0 heterocycles. The number of para-hydroxylation sites is 1. The molecule has 6 heteroatoms. The van der Waals surface area contributed by atoms with Crippen LogP contribution in [0.25, 0.3) is 5.57 Å². The van der Waals surface area contributed by atoms with Crippen molar-refractivity contribution >= 4 is 11.4 Å². The van der Waals surface area contributed by atoms with E-state index in [1.807, 2.05) is 6.07 Å². The molecular weight excluding hydrogens is 319 g/mol. The molecule has 2 aromatic rings. The normalized spacial score (nSPS) is 11.9. The summed E-state index contributed by atoms with van der Waals surface area (Å²) in [6.07, 6.45) is -3.10. The van der Waals surface area contributed by atoms with Crippen molar-refractivity contribution in [2.45, 2.75) is 6.18 Å². The van der Waals surface area contributed by atoms with Crippen molar-refractivity contribution in [3.8, 4) is 5.75 Å². The van der Waals surface area contributed by atoms with Crippen molar-refractivity contribution in [2.75, 3.05) is 13.7 Å². The van der Waals surface area contributed by atoms with Gasteiger partial charge in [-0.3, -0.25) is 4.79 Å². The van der Waals surface area contributed by atoms with Crippen molar-refractivity contribution in [1.29, 1.82) is 0 Å². The number of rotatable bonds is 6. The van der Waals surface area contributed by atoms with E-state index in [4.69, 9.17) is 4.74 Å². The number of Topliss-reactive ketones (excluding diaryl/α,β-unsaturated/α-hetero) is 1. The second-order valence-corrected chi connectivity index (χ2v) is 4.95. The quantitative estimate of drug-likeness (QED) is 0.814. The number of hydrogen-bond acceptors (Lipinski definition) is 3. The zero-order valence-electron chi connectivity index (χ0n) is 12.9. The maximum atomic E-state index is 12.8. The van der Waals surface area contributed by atoms with Crippen LogP contribution in [0.15, 0.2) is 60.8 Å². The molecule has 126 valence electrons. The highest BCUT2D eigenvalue weighted by Crippen LogP contribution is 2.31. The summed E-state index contributed by atoms with van der Waals surface area (Å²) in [7, 11) is 1.57. The van der Waals surface area contributed by atoms with E-state index in [1.54, 1.807) is 31.3 Å². The highest BCUT2D eigenvalue weighted by Gasteiger charge is 2.31. The van der Waals surface area contributed by atoms with Gasteiger partial charge in [-0.2, -0.15) is 13.2 Å². The first-order chi connectivity index (χ1) is 11.4. The first-order valence-corrected chi connectivity index (χ1v) is 7.18. The Labute approximate surface area is 137 Å². The molecule has 0 amide bonds. The summed E-state index contributed by atoms with van der Waals surface area (Å²) in [5, 5.41) is 2.68. The van der Waals surface area contributed by atoms with E-state index in [2.05, 4.69) is 5.32 Å². The molecule has 0 unspecified atom stereocenters. The van der Waals surface area contributed by atoms with Crippen LogP contribution in [-0.2, 0) is 11.0 Å². The second-order valence-electron chi connectivity index (χ2n) is 4.95. The van der Waals surface area contributed by atoms with Crippen LogP contribution in [0.2, 0.25) is 0 Å². The summed E-state index contributed by atoms with van der Waals surface area (Å²) in [5.41, 5.74) is -0.501. The maximum Gasteiger partial charge on any atom is 0.416 e. The van der Waals surface area contributed by atoms with E-state index in [0.29, 0.717) is 5.75 Å². The number of hydrogen-bond donors (Lipinski definition) is 1. The molecule has 0 radical (unpaired) electrons. The molecule has 0 aromatic heterocycles. The monoisotopic (exact) mass is 335 g/mol. The van der Waals surface area contributed by atoms with Crippen molar-refractivity contribution in [1.82, 2.24) is 5.32 Å². The van der Waals surface area contributed by atoms with Crippen LogP contribution in [-0.4, -0.2) is 19.4 Å². The lowest BCUT2D eigenvalue weighted by Crippen LogP contribution is -2.15. The van der Waals surface area contributed by atoms with Gasteiger partial charge in [-0.15, -0.1) is 0 Å². The van der Waals surface area contributed by atoms with Crippen LogP contribution in [0.3, 0.4) is 0 Å². The Kier molecular flexibility index (Phi) is 5.63. The van der Waals surface area contributed by atoms with Gasteiger partial charge in [0.2, 0.25) is 5.78 Å². The predicted molar refractivity (Wildman–Crippen MR) is 85.4 cm³/mol. The minimum atomic E-state index is -4.47. The highest BCUT2D eigenvalue weighted by atomic mass is 19.4. The van der Waals surface area contributed by atoms with Gasteiger partial charge in [0.05, 0.1) is 5.56 Å². The van der Waals surface area contributed by atoms with Crippen LogP contribution >= 0.6 is 0 Å². The van der Waals surface area contributed by atoms with E-state index < -0.39 is 17.5 Å². The Morgan fingerprint density at radius 1 is 1.12 bits per heavy atom. The topological polar surface area (TPSA) is 38.3 Å². The molecule has 0 aliphatic rings. The van der Waals surface area contributed by atoms with Gasteiger partial charge in [0.25, 0.3) is 0 Å². The number of ether oxygens (including phenoxy) is 1. The van der Waals surface area contributed by atoms with Gasteiger partial charge >= 0.3 is 6.18 Å². The summed E-state index contributed by atoms with van der Waals surface area (Å²) in [6.45, 7) is -0.270. The van der Waals surface area contributed by atoms with E-state index in [9.17, 15) is 18.0 Å². The van der Waals surface area contributed by atoms with Crippen LogP contribution in [0, 0.1) is 0 Å². The first-order valence-electron chi connectivity index (χ1n) is 7.18. The Balaban J connectivity index is 2.20. The molecule has 2 aromatic carbocycles.